The maximum Gasteiger partial charge on any atom is 0.251 e. The van der Waals surface area contributed by atoms with E-state index in [4.69, 9.17) is 22.6 Å². The first-order chi connectivity index (χ1) is 11.4. The van der Waals surface area contributed by atoms with Crippen LogP contribution in [0.3, 0.4) is 0 Å². The SMILES string of the molecule is C=S(C)Nc1cc(Cl)cc(C(=O)NCc2ccc(C#N)cc2N)c1. The van der Waals surface area contributed by atoms with Crippen molar-refractivity contribution >= 4 is 45.4 Å². The molecule has 0 saturated carbocycles. The number of amides is 1. The fourth-order valence-electron chi connectivity index (χ4n) is 2.08. The Morgan fingerprint density at radius 1 is 1.38 bits per heavy atom. The number of nitrogens with zero attached hydrogens (tertiary/aromatic N) is 1. The van der Waals surface area contributed by atoms with E-state index in [2.05, 4.69) is 15.9 Å². The third kappa shape index (κ3) is 4.75. The predicted octanol–water partition coefficient (Wildman–Crippen LogP) is 3.38. The largest absolute Gasteiger partial charge is 0.398 e. The van der Waals surface area contributed by atoms with Crippen molar-refractivity contribution in [2.45, 2.75) is 6.54 Å². The minimum atomic E-state index is -0.269. The summed E-state index contributed by atoms with van der Waals surface area (Å²) in [6, 6.07) is 12.1. The van der Waals surface area contributed by atoms with Crippen LogP contribution in [0.1, 0.15) is 21.5 Å². The summed E-state index contributed by atoms with van der Waals surface area (Å²) in [4.78, 5) is 12.3. The van der Waals surface area contributed by atoms with Crippen molar-refractivity contribution in [3.63, 3.8) is 0 Å². The smallest absolute Gasteiger partial charge is 0.251 e. The van der Waals surface area contributed by atoms with Crippen LogP contribution in [0.15, 0.2) is 36.4 Å². The molecule has 0 aliphatic carbocycles. The highest BCUT2D eigenvalue weighted by Crippen LogP contribution is 2.22. The van der Waals surface area contributed by atoms with E-state index < -0.39 is 0 Å². The Kier molecular flexibility index (Phi) is 5.85. The van der Waals surface area contributed by atoms with Gasteiger partial charge in [0.1, 0.15) is 0 Å². The summed E-state index contributed by atoms with van der Waals surface area (Å²) in [5.41, 5.74) is 8.77. The molecule has 1 amide bonds. The summed E-state index contributed by atoms with van der Waals surface area (Å²) < 4.78 is 3.14. The topological polar surface area (TPSA) is 90.9 Å². The van der Waals surface area contributed by atoms with Gasteiger partial charge < -0.3 is 15.8 Å². The number of rotatable bonds is 5. The second kappa shape index (κ2) is 7.86. The first-order valence-electron chi connectivity index (χ1n) is 6.98. The lowest BCUT2D eigenvalue weighted by Gasteiger charge is -2.11. The first kappa shape index (κ1) is 17.9. The molecule has 0 fully saturated rings. The van der Waals surface area contributed by atoms with Gasteiger partial charge in [0.05, 0.1) is 11.6 Å². The normalized spacial score (nSPS) is 11.4. The zero-order chi connectivity index (χ0) is 17.7. The van der Waals surface area contributed by atoms with Crippen LogP contribution in [0.25, 0.3) is 0 Å². The Labute approximate surface area is 148 Å². The van der Waals surface area contributed by atoms with Gasteiger partial charge in [0.25, 0.3) is 5.91 Å². The van der Waals surface area contributed by atoms with Gasteiger partial charge in [-0.1, -0.05) is 23.5 Å². The molecule has 2 aromatic carbocycles. The fourth-order valence-corrected chi connectivity index (χ4v) is 2.84. The number of carbonyl (C=O) groups excluding carboxylic acids is 1. The number of nitrogens with two attached hydrogens (primary N) is 1. The van der Waals surface area contributed by atoms with Gasteiger partial charge in [-0.3, -0.25) is 4.79 Å². The first-order valence-corrected chi connectivity index (χ1v) is 9.16. The molecule has 7 heteroatoms. The van der Waals surface area contributed by atoms with Crippen LogP contribution in [0.5, 0.6) is 0 Å². The van der Waals surface area contributed by atoms with Crippen LogP contribution in [-0.4, -0.2) is 18.0 Å². The van der Waals surface area contributed by atoms with Gasteiger partial charge in [-0.2, -0.15) is 5.26 Å². The number of hydrogen-bond acceptors (Lipinski definition) is 4. The van der Waals surface area contributed by atoms with Crippen molar-refractivity contribution < 1.29 is 4.79 Å². The van der Waals surface area contributed by atoms with Crippen molar-refractivity contribution in [1.82, 2.24) is 5.32 Å². The third-order valence-corrected chi connectivity index (χ3v) is 3.97. The average Bonchev–Trinajstić information content (AvgIpc) is 2.52. The van der Waals surface area contributed by atoms with Crippen molar-refractivity contribution in [1.29, 1.82) is 5.26 Å². The van der Waals surface area contributed by atoms with Crippen LogP contribution in [0.4, 0.5) is 11.4 Å². The van der Waals surface area contributed by atoms with Crippen LogP contribution in [0, 0.1) is 11.3 Å². The maximum absolute atomic E-state index is 12.3. The summed E-state index contributed by atoms with van der Waals surface area (Å²) in [6.07, 6.45) is 1.92. The van der Waals surface area contributed by atoms with E-state index in [0.29, 0.717) is 21.8 Å². The standard InChI is InChI=1S/C17H17ClN4OS/c1-24(2)22-15-7-13(6-14(18)8-15)17(23)21-10-12-4-3-11(9-19)5-16(12)20/h3-8,22H,1,10,20H2,2H3,(H,21,23). The Morgan fingerprint density at radius 2 is 2.12 bits per heavy atom. The van der Waals surface area contributed by atoms with Crippen LogP contribution >= 0.6 is 22.3 Å². The van der Waals surface area contributed by atoms with Gasteiger partial charge in [0.2, 0.25) is 0 Å². The molecule has 2 rings (SSSR count). The van der Waals surface area contributed by atoms with E-state index in [-0.39, 0.29) is 23.1 Å². The highest BCUT2D eigenvalue weighted by Gasteiger charge is 2.09. The van der Waals surface area contributed by atoms with Crippen molar-refractivity contribution in [3.05, 3.63) is 58.1 Å². The number of nitrogen functional groups attached to an aromatic ring is 1. The van der Waals surface area contributed by atoms with Crippen molar-refractivity contribution in [3.8, 4) is 6.07 Å². The van der Waals surface area contributed by atoms with Crippen molar-refractivity contribution in [2.24, 2.45) is 0 Å². The second-order valence-corrected chi connectivity index (χ2v) is 7.09. The van der Waals surface area contributed by atoms with Gasteiger partial charge in [-0.25, -0.2) is 0 Å². The van der Waals surface area contributed by atoms with Gasteiger partial charge in [0, 0.05) is 28.5 Å². The summed E-state index contributed by atoms with van der Waals surface area (Å²) in [5.74, 6) is 3.61. The van der Waals surface area contributed by atoms with E-state index in [9.17, 15) is 4.79 Å². The third-order valence-electron chi connectivity index (χ3n) is 3.17. The summed E-state index contributed by atoms with van der Waals surface area (Å²) >= 11 is 6.07. The number of carbonyl (C=O) groups is 1. The number of nitrogens with one attached hydrogen (secondary N) is 2. The molecule has 0 aromatic heterocycles. The minimum absolute atomic E-state index is 0.260. The number of benzene rings is 2. The molecular formula is C17H17ClN4OS. The Morgan fingerprint density at radius 3 is 2.75 bits per heavy atom. The molecule has 0 heterocycles. The summed E-state index contributed by atoms with van der Waals surface area (Å²) in [5, 5.41) is 12.1. The van der Waals surface area contributed by atoms with E-state index in [1.54, 1.807) is 36.4 Å². The van der Waals surface area contributed by atoms with Gasteiger partial charge in [0.15, 0.2) is 0 Å². The summed E-state index contributed by atoms with van der Waals surface area (Å²) in [6.45, 7) is 0.263. The highest BCUT2D eigenvalue weighted by atomic mass is 35.5. The van der Waals surface area contributed by atoms with Crippen LogP contribution in [0.2, 0.25) is 5.02 Å². The lowest BCUT2D eigenvalue weighted by molar-refractivity contribution is 0.0951. The molecule has 1 atom stereocenters. The van der Waals surface area contributed by atoms with Gasteiger partial charge in [-0.15, -0.1) is 10.7 Å². The molecule has 24 heavy (non-hydrogen) atoms. The fraction of sp³-hybridized carbons (Fsp3) is 0.118. The van der Waals surface area contributed by atoms with Crippen molar-refractivity contribution in [2.75, 3.05) is 16.7 Å². The maximum atomic E-state index is 12.3. The predicted molar refractivity (Wildman–Crippen MR) is 102 cm³/mol. The molecule has 5 nitrogen and oxygen atoms in total. The average molecular weight is 361 g/mol. The molecule has 0 aliphatic rings. The number of anilines is 2. The monoisotopic (exact) mass is 360 g/mol. The Hall–Kier alpha value is -2.49. The Balaban J connectivity index is 2.11. The molecule has 0 bridgehead atoms. The zero-order valence-electron chi connectivity index (χ0n) is 13.1. The van der Waals surface area contributed by atoms with E-state index in [1.165, 1.54) is 0 Å². The molecule has 0 saturated heterocycles. The molecular weight excluding hydrogens is 344 g/mol. The molecule has 0 radical (unpaired) electrons. The van der Waals surface area contributed by atoms with Gasteiger partial charge in [-0.05, 0) is 42.2 Å². The molecule has 124 valence electrons. The lowest BCUT2D eigenvalue weighted by atomic mass is 10.1. The molecule has 0 aliphatic heterocycles. The molecule has 2 aromatic rings. The van der Waals surface area contributed by atoms with E-state index >= 15 is 0 Å². The number of nitriles is 1. The Bertz CT molecular complexity index is 845. The van der Waals surface area contributed by atoms with E-state index in [0.717, 1.165) is 11.3 Å². The molecule has 4 N–H and O–H groups in total. The van der Waals surface area contributed by atoms with Gasteiger partial charge >= 0.3 is 0 Å². The number of hydrogen-bond donors (Lipinski definition) is 3. The van der Waals surface area contributed by atoms with Crippen LogP contribution in [-0.2, 0) is 6.54 Å². The minimum Gasteiger partial charge on any atom is -0.398 e. The lowest BCUT2D eigenvalue weighted by Crippen LogP contribution is -2.23. The molecule has 1 unspecified atom stereocenters. The summed E-state index contributed by atoms with van der Waals surface area (Å²) in [7, 11) is -0.269. The van der Waals surface area contributed by atoms with Crippen LogP contribution < -0.4 is 15.8 Å². The van der Waals surface area contributed by atoms with E-state index in [1.807, 2.05) is 12.3 Å². The quantitative estimate of drug-likeness (QED) is 0.563. The highest BCUT2D eigenvalue weighted by molar-refractivity contribution is 8.14. The second-order valence-electron chi connectivity index (χ2n) is 5.18. The number of halogens is 1. The zero-order valence-corrected chi connectivity index (χ0v) is 14.7. The molecule has 0 spiro atoms.